The molecule has 0 bridgehead atoms. The number of ether oxygens (including phenoxy) is 1. The van der Waals surface area contributed by atoms with Crippen LogP contribution >= 0.6 is 0 Å². The minimum atomic E-state index is -5.09. The Labute approximate surface area is 408 Å². The quantitative estimate of drug-likeness (QED) is 0.0200. The third-order valence-corrected chi connectivity index (χ3v) is 17.0. The summed E-state index contributed by atoms with van der Waals surface area (Å²) in [4.78, 5) is 10.7. The minimum Gasteiger partial charge on any atom is -0.748 e. The van der Waals surface area contributed by atoms with Gasteiger partial charge in [-0.15, -0.1) is 0 Å². The van der Waals surface area contributed by atoms with E-state index in [1.807, 2.05) is 37.5 Å². The number of fused-ring (bicyclic) bond motifs is 6. The van der Waals surface area contributed by atoms with Gasteiger partial charge in [0.15, 0.2) is 5.71 Å². The largest absolute Gasteiger partial charge is 0.748 e. The van der Waals surface area contributed by atoms with E-state index < -0.39 is 82.7 Å². The maximum atomic E-state index is 12.8. The molecule has 2 heterocycles. The van der Waals surface area contributed by atoms with Crippen LogP contribution in [-0.2, 0) is 71.0 Å². The fourth-order valence-electron chi connectivity index (χ4n) is 9.98. The second-order valence-electron chi connectivity index (χ2n) is 17.7. The van der Waals surface area contributed by atoms with Gasteiger partial charge in [-0.3, -0.25) is 23.0 Å². The van der Waals surface area contributed by atoms with Gasteiger partial charge in [-0.25, -0.2) is 8.42 Å². The zero-order chi connectivity index (χ0) is 51.7. The van der Waals surface area contributed by atoms with Gasteiger partial charge < -0.3 is 14.2 Å². The molecule has 0 spiro atoms. The second kappa shape index (κ2) is 20.7. The molecule has 2 atom stereocenters. The monoisotopic (exact) mass is 1070 g/mol. The van der Waals surface area contributed by atoms with Crippen LogP contribution in [-0.4, -0.2) is 113 Å². The molecule has 6 rings (SSSR count). The maximum Gasteiger partial charge on any atom is 0.295 e. The Balaban J connectivity index is 1.53. The Kier molecular flexibility index (Phi) is 16.1. The molecular weight excluding hydrogens is 1010 g/mol. The highest BCUT2D eigenvalue weighted by molar-refractivity contribution is 7.87. The number of hydrogen-bond acceptors (Lipinski definition) is 14. The lowest BCUT2D eigenvalue weighted by molar-refractivity contribution is -0.437. The van der Waals surface area contributed by atoms with Gasteiger partial charge in [-0.1, -0.05) is 56.5 Å². The zero-order valence-corrected chi connectivity index (χ0v) is 42.5. The first kappa shape index (κ1) is 54.4. The fourth-order valence-corrected chi connectivity index (χ4v) is 12.8. The van der Waals surface area contributed by atoms with Crippen molar-refractivity contribution < 1.29 is 79.0 Å². The van der Waals surface area contributed by atoms with Crippen LogP contribution in [0.25, 0.3) is 21.5 Å². The SMILES string of the molecule is CCCC1(C)C(/C=C/C=C/C=C2/N(CCCS(=O)(=O)O)c3ccc4c(S(=O)(=O)O)cc(S(=O)(=O)O)cc4c3C2(C)CCCCCOC=O)=[N+](CCCS(=O)(=O)[O-])c2ccc3ccc(S(=O)(=O)O)cc3c21. The summed E-state index contributed by atoms with van der Waals surface area (Å²) in [6, 6.07) is 12.5. The van der Waals surface area contributed by atoms with Crippen molar-refractivity contribution in [3.05, 3.63) is 102 Å². The summed E-state index contributed by atoms with van der Waals surface area (Å²) >= 11 is 0. The van der Waals surface area contributed by atoms with Gasteiger partial charge in [-0.2, -0.15) is 38.2 Å². The van der Waals surface area contributed by atoms with Crippen LogP contribution in [0.2, 0.25) is 0 Å². The molecule has 4 N–H and O–H groups in total. The molecule has 0 radical (unpaired) electrons. The van der Waals surface area contributed by atoms with Crippen molar-refractivity contribution in [3.63, 3.8) is 0 Å². The van der Waals surface area contributed by atoms with E-state index in [0.29, 0.717) is 90.2 Å². The van der Waals surface area contributed by atoms with Crippen LogP contribution in [0.3, 0.4) is 0 Å². The smallest absolute Gasteiger partial charge is 0.295 e. The van der Waals surface area contributed by atoms with Gasteiger partial charge in [0, 0.05) is 58.6 Å². The number of rotatable bonds is 23. The first-order chi connectivity index (χ1) is 32.5. The molecule has 380 valence electrons. The lowest BCUT2D eigenvalue weighted by Gasteiger charge is -2.31. The summed E-state index contributed by atoms with van der Waals surface area (Å²) in [6.45, 7) is 6.27. The number of carbonyl (C=O) groups is 1. The van der Waals surface area contributed by atoms with Gasteiger partial charge in [0.25, 0.3) is 46.9 Å². The molecular formula is C46H54N2O17S5. The van der Waals surface area contributed by atoms with E-state index in [1.165, 1.54) is 18.2 Å². The Bertz CT molecular complexity index is 3440. The van der Waals surface area contributed by atoms with E-state index in [-0.39, 0.29) is 48.2 Å². The zero-order valence-electron chi connectivity index (χ0n) is 38.4. The third-order valence-electron chi connectivity index (χ3n) is 12.8. The summed E-state index contributed by atoms with van der Waals surface area (Å²) in [5, 5.41) is 1.20. The van der Waals surface area contributed by atoms with Crippen LogP contribution in [0.15, 0.2) is 105 Å². The highest BCUT2D eigenvalue weighted by Crippen LogP contribution is 2.54. The molecule has 2 unspecified atom stereocenters. The van der Waals surface area contributed by atoms with E-state index >= 15 is 0 Å². The predicted octanol–water partition coefficient (Wildman–Crippen LogP) is 6.61. The molecule has 0 saturated heterocycles. The van der Waals surface area contributed by atoms with Gasteiger partial charge in [0.2, 0.25) is 5.69 Å². The normalized spacial score (nSPS) is 19.6. The van der Waals surface area contributed by atoms with E-state index in [9.17, 15) is 69.6 Å². The van der Waals surface area contributed by atoms with Crippen LogP contribution in [0.1, 0.15) is 83.3 Å². The molecule has 2 aliphatic heterocycles. The summed E-state index contributed by atoms with van der Waals surface area (Å²) < 4.78 is 181. The van der Waals surface area contributed by atoms with Gasteiger partial charge in [0.1, 0.15) is 11.4 Å². The number of anilines is 1. The Hall–Kier alpha value is -4.89. The van der Waals surface area contributed by atoms with E-state index in [2.05, 4.69) is 0 Å². The third kappa shape index (κ3) is 11.9. The number of nitrogens with zero attached hydrogens (tertiary/aromatic N) is 2. The van der Waals surface area contributed by atoms with Gasteiger partial charge >= 0.3 is 0 Å². The first-order valence-electron chi connectivity index (χ1n) is 22.1. The molecule has 0 aromatic heterocycles. The molecule has 0 saturated carbocycles. The second-order valence-corrected chi connectivity index (χ2v) is 25.0. The van der Waals surface area contributed by atoms with E-state index in [0.717, 1.165) is 11.6 Å². The number of hydrogen-bond donors (Lipinski definition) is 4. The fraction of sp³-hybridized carbons (Fsp3) is 0.391. The number of carbonyl (C=O) groups excluding carboxylic acids is 1. The summed E-state index contributed by atoms with van der Waals surface area (Å²) in [5.74, 6) is -1.28. The van der Waals surface area contributed by atoms with Crippen LogP contribution < -0.4 is 4.90 Å². The molecule has 4 aromatic rings. The van der Waals surface area contributed by atoms with Crippen molar-refractivity contribution in [3.8, 4) is 0 Å². The molecule has 0 aliphatic carbocycles. The molecule has 0 fully saturated rings. The van der Waals surface area contributed by atoms with E-state index in [1.54, 1.807) is 47.4 Å². The van der Waals surface area contributed by atoms with Crippen LogP contribution in [0.4, 0.5) is 11.4 Å². The van der Waals surface area contributed by atoms with Gasteiger partial charge in [-0.05, 0) is 104 Å². The van der Waals surface area contributed by atoms with Crippen molar-refractivity contribution in [2.75, 3.05) is 36.1 Å². The van der Waals surface area contributed by atoms with Crippen molar-refractivity contribution in [1.82, 2.24) is 0 Å². The average Bonchev–Trinajstić information content (AvgIpc) is 3.62. The van der Waals surface area contributed by atoms with Gasteiger partial charge in [0.05, 0.1) is 37.7 Å². The molecule has 4 aromatic carbocycles. The summed E-state index contributed by atoms with van der Waals surface area (Å²) in [6.07, 6.45) is 11.4. The predicted molar refractivity (Wildman–Crippen MR) is 261 cm³/mol. The van der Waals surface area contributed by atoms with E-state index in [4.69, 9.17) is 4.74 Å². The minimum absolute atomic E-state index is 0.0213. The Morgan fingerprint density at radius 2 is 1.37 bits per heavy atom. The molecule has 19 nitrogen and oxygen atoms in total. The maximum absolute atomic E-state index is 12.8. The van der Waals surface area contributed by atoms with Crippen molar-refractivity contribution in [2.45, 2.75) is 97.7 Å². The number of allylic oxidation sites excluding steroid dienone is 6. The molecule has 70 heavy (non-hydrogen) atoms. The number of benzene rings is 4. The summed E-state index contributed by atoms with van der Waals surface area (Å²) in [7, 11) is -23.8. The highest BCUT2D eigenvalue weighted by Gasteiger charge is 2.49. The van der Waals surface area contributed by atoms with Crippen LogP contribution in [0.5, 0.6) is 0 Å². The lowest BCUT2D eigenvalue weighted by Crippen LogP contribution is -2.31. The van der Waals surface area contributed by atoms with Crippen molar-refractivity contribution in [1.29, 1.82) is 0 Å². The topological polar surface area (TPSA) is 307 Å². The lowest BCUT2D eigenvalue weighted by atomic mass is 9.74. The van der Waals surface area contributed by atoms with Crippen molar-refractivity contribution in [2.24, 2.45) is 0 Å². The molecule has 0 amide bonds. The number of unbranched alkanes of at least 4 members (excludes halogenated alkanes) is 2. The Morgan fingerprint density at radius 3 is 2.00 bits per heavy atom. The summed E-state index contributed by atoms with van der Waals surface area (Å²) in [5.41, 5.74) is 1.43. The molecule has 2 aliphatic rings. The Morgan fingerprint density at radius 1 is 0.686 bits per heavy atom. The standard InChI is InChI=1S/C46H54N2O17S5/c1-4-21-45(2)41(47(23-11-26-66(50,51)52)38-19-16-32-15-17-33(68(56,57)58)28-36(32)43(38)45)13-7-5-8-14-42-46(3,22-9-6-10-25-65-31-49)44-37-29-34(69(59,60)61)30-40(70(62,63)64)35(37)18-20-39(44)48(42)24-12-27-67(53,54)55/h5,7-8,13-20,28-31H,4,6,9-12,21-27H2,1-3H3,(H4-,50,51,52,53,54,55,56,57,58,59,60,61,62,63,64). The first-order valence-corrected chi connectivity index (χ1v) is 29.6. The molecule has 24 heteroatoms. The average molecular weight is 1070 g/mol. The van der Waals surface area contributed by atoms with Crippen LogP contribution in [0, 0.1) is 0 Å². The highest BCUT2D eigenvalue weighted by atomic mass is 32.2. The van der Waals surface area contributed by atoms with Crippen molar-refractivity contribution >= 4 is 95.7 Å².